The molecule has 0 aliphatic carbocycles. The molecule has 28 heavy (non-hydrogen) atoms. The second-order valence-corrected chi connectivity index (χ2v) is 6.32. The van der Waals surface area contributed by atoms with Crippen LogP contribution in [0.2, 0.25) is 0 Å². The molecule has 0 bridgehead atoms. The predicted molar refractivity (Wildman–Crippen MR) is 89.7 cm³/mol. The Morgan fingerprint density at radius 2 is 1.46 bits per heavy atom. The third-order valence-electron chi connectivity index (χ3n) is 4.32. The van der Waals surface area contributed by atoms with Crippen molar-refractivity contribution in [2.45, 2.75) is 37.1 Å². The number of benzene rings is 2. The number of hydrogen-bond donors (Lipinski definition) is 4. The van der Waals surface area contributed by atoms with Gasteiger partial charge in [-0.25, -0.2) is 0 Å². The Balaban J connectivity index is 0.00000280. The van der Waals surface area contributed by atoms with Crippen LogP contribution in [0.25, 0.3) is 0 Å². The molecule has 144 valence electrons. The Labute approximate surface area is 183 Å². The zero-order valence-electron chi connectivity index (χ0n) is 15.1. The van der Waals surface area contributed by atoms with Gasteiger partial charge >= 0.3 is 29.6 Å². The van der Waals surface area contributed by atoms with Crippen LogP contribution in [0.4, 0.5) is 0 Å². The van der Waals surface area contributed by atoms with Crippen molar-refractivity contribution >= 4 is 5.97 Å². The molecule has 5 atom stereocenters. The summed E-state index contributed by atoms with van der Waals surface area (Å²) in [6.07, 6.45) is -7.87. The standard InChI is InChI=1S/C19H20O8.Na/c20-12-5-1-10(2-6-12)9-11-3-7-13(8-4-11)26-19-16(23)14(21)15(22)17(27-19)18(24)25;/h1-8,14-17,19-23H,9H2,(H,24,25);/q;+1/p-1/t14-,15-,16+,17-,19+;/m0./s1. The number of aromatic hydroxyl groups is 1. The van der Waals surface area contributed by atoms with Crippen molar-refractivity contribution in [2.24, 2.45) is 0 Å². The van der Waals surface area contributed by atoms with Crippen LogP contribution < -0.4 is 39.4 Å². The van der Waals surface area contributed by atoms with Gasteiger partial charge in [0.2, 0.25) is 6.29 Å². The van der Waals surface area contributed by atoms with Gasteiger partial charge in [-0.3, -0.25) is 0 Å². The van der Waals surface area contributed by atoms with Crippen molar-refractivity contribution in [3.05, 3.63) is 59.7 Å². The minimum absolute atomic E-state index is 0. The van der Waals surface area contributed by atoms with E-state index >= 15 is 0 Å². The van der Waals surface area contributed by atoms with Gasteiger partial charge in [-0.1, -0.05) is 24.3 Å². The van der Waals surface area contributed by atoms with E-state index in [1.807, 2.05) is 0 Å². The molecule has 9 heteroatoms. The molecule has 1 saturated heterocycles. The normalized spacial score (nSPS) is 26.9. The average molecular weight is 398 g/mol. The number of carboxylic acids is 1. The summed E-state index contributed by atoms with van der Waals surface area (Å²) in [5.41, 5.74) is 1.96. The van der Waals surface area contributed by atoms with Crippen molar-refractivity contribution in [3.63, 3.8) is 0 Å². The van der Waals surface area contributed by atoms with Gasteiger partial charge in [-0.15, -0.1) is 0 Å². The van der Waals surface area contributed by atoms with Crippen LogP contribution in [0, 0.1) is 0 Å². The first-order valence-corrected chi connectivity index (χ1v) is 8.29. The maximum Gasteiger partial charge on any atom is 1.00 e. The molecule has 2 aromatic rings. The zero-order chi connectivity index (χ0) is 19.6. The Kier molecular flexibility index (Phi) is 7.85. The first kappa shape index (κ1) is 22.6. The van der Waals surface area contributed by atoms with E-state index in [2.05, 4.69) is 0 Å². The van der Waals surface area contributed by atoms with Crippen LogP contribution in [-0.2, 0) is 16.0 Å². The summed E-state index contributed by atoms with van der Waals surface area (Å²) in [5, 5.41) is 49.6. The fourth-order valence-corrected chi connectivity index (χ4v) is 2.81. The van der Waals surface area contributed by atoms with Crippen molar-refractivity contribution in [3.8, 4) is 11.5 Å². The second kappa shape index (κ2) is 9.71. The molecule has 0 amide bonds. The molecule has 1 aliphatic rings. The van der Waals surface area contributed by atoms with Crippen LogP contribution >= 0.6 is 0 Å². The van der Waals surface area contributed by atoms with E-state index in [0.717, 1.165) is 11.1 Å². The van der Waals surface area contributed by atoms with Gasteiger partial charge in [0, 0.05) is 0 Å². The van der Waals surface area contributed by atoms with Crippen molar-refractivity contribution in [1.82, 2.24) is 0 Å². The van der Waals surface area contributed by atoms with E-state index < -0.39 is 36.7 Å². The van der Waals surface area contributed by atoms with Crippen molar-refractivity contribution in [1.29, 1.82) is 0 Å². The topological polar surface area (TPSA) is 140 Å². The monoisotopic (exact) mass is 398 g/mol. The zero-order valence-corrected chi connectivity index (χ0v) is 17.1. The maximum atomic E-state index is 11.0. The molecule has 0 aromatic heterocycles. The molecule has 3 rings (SSSR count). The second-order valence-electron chi connectivity index (χ2n) is 6.32. The first-order valence-electron chi connectivity index (χ1n) is 8.29. The Hall–Kier alpha value is -1.65. The number of carbonyl (C=O) groups is 1. The third kappa shape index (κ3) is 5.24. The van der Waals surface area contributed by atoms with Gasteiger partial charge in [-0.2, -0.15) is 0 Å². The number of rotatable bonds is 5. The summed E-state index contributed by atoms with van der Waals surface area (Å²) in [7, 11) is 0. The van der Waals surface area contributed by atoms with Gasteiger partial charge in [0.05, 0.1) is 5.97 Å². The molecule has 0 radical (unpaired) electrons. The molecule has 1 fully saturated rings. The van der Waals surface area contributed by atoms with E-state index in [1.165, 1.54) is 0 Å². The number of hydrogen-bond acceptors (Lipinski definition) is 8. The summed E-state index contributed by atoms with van der Waals surface area (Å²) < 4.78 is 10.4. The summed E-state index contributed by atoms with van der Waals surface area (Å²) in [6.45, 7) is 0. The smallest absolute Gasteiger partial charge is 0.547 e. The molecule has 0 saturated carbocycles. The number of phenols is 1. The first-order chi connectivity index (χ1) is 12.8. The van der Waals surface area contributed by atoms with Gasteiger partial charge in [-0.05, 0) is 41.8 Å². The van der Waals surface area contributed by atoms with Crippen LogP contribution in [0.1, 0.15) is 11.1 Å². The summed E-state index contributed by atoms with van der Waals surface area (Å²) in [5.74, 6) is -1.24. The molecular formula is C19H19NaO8. The predicted octanol–water partition coefficient (Wildman–Crippen LogP) is -4.08. The molecular weight excluding hydrogens is 379 g/mol. The van der Waals surface area contributed by atoms with E-state index in [1.54, 1.807) is 48.5 Å². The summed E-state index contributed by atoms with van der Waals surface area (Å²) in [6, 6.07) is 13.6. The number of phenolic OH excluding ortho intramolecular Hbond substituents is 1. The minimum Gasteiger partial charge on any atom is -0.547 e. The molecule has 2 aromatic carbocycles. The van der Waals surface area contributed by atoms with Gasteiger partial charge in [0.1, 0.15) is 35.9 Å². The van der Waals surface area contributed by atoms with Crippen LogP contribution in [0.15, 0.2) is 48.5 Å². The van der Waals surface area contributed by atoms with Crippen LogP contribution in [0.3, 0.4) is 0 Å². The van der Waals surface area contributed by atoms with E-state index in [9.17, 15) is 30.3 Å². The molecule has 0 unspecified atom stereocenters. The molecule has 4 N–H and O–H groups in total. The van der Waals surface area contributed by atoms with Crippen molar-refractivity contribution < 1.29 is 69.4 Å². The largest absolute Gasteiger partial charge is 1.00 e. The summed E-state index contributed by atoms with van der Waals surface area (Å²) >= 11 is 0. The van der Waals surface area contributed by atoms with Crippen molar-refractivity contribution in [2.75, 3.05) is 0 Å². The van der Waals surface area contributed by atoms with Gasteiger partial charge in [0.15, 0.2) is 0 Å². The van der Waals surface area contributed by atoms with Crippen LogP contribution in [0.5, 0.6) is 11.5 Å². The fraction of sp³-hybridized carbons (Fsp3) is 0.316. The molecule has 1 heterocycles. The quantitative estimate of drug-likeness (QED) is 0.373. The van der Waals surface area contributed by atoms with Gasteiger partial charge in [0.25, 0.3) is 0 Å². The number of carbonyl (C=O) groups excluding carboxylic acids is 1. The number of carboxylic acid groups (broad SMARTS) is 1. The van der Waals surface area contributed by atoms with E-state index in [-0.39, 0.29) is 41.1 Å². The van der Waals surface area contributed by atoms with E-state index in [0.29, 0.717) is 6.42 Å². The van der Waals surface area contributed by atoms with Crippen LogP contribution in [-0.4, -0.2) is 57.1 Å². The molecule has 0 spiro atoms. The SMILES string of the molecule is O=C([O-])[C@H]1O[C@@H](Oc2ccc(Cc3ccc(O)cc3)cc2)[C@H](O)[C@@H](O)[C@@H]1O.[Na+]. The Morgan fingerprint density at radius 3 is 2.00 bits per heavy atom. The molecule has 1 aliphatic heterocycles. The number of ether oxygens (including phenoxy) is 2. The molecule has 8 nitrogen and oxygen atoms in total. The Bertz CT molecular complexity index is 780. The van der Waals surface area contributed by atoms with E-state index in [4.69, 9.17) is 9.47 Å². The minimum atomic E-state index is -1.82. The third-order valence-corrected chi connectivity index (χ3v) is 4.32. The number of aliphatic carboxylic acids is 1. The maximum absolute atomic E-state index is 11.0. The average Bonchev–Trinajstić information content (AvgIpc) is 2.65. The summed E-state index contributed by atoms with van der Waals surface area (Å²) in [4.78, 5) is 11.0. The fourth-order valence-electron chi connectivity index (χ4n) is 2.81. The Morgan fingerprint density at radius 1 is 0.929 bits per heavy atom. The number of aliphatic hydroxyl groups is 3. The number of aliphatic hydroxyl groups excluding tert-OH is 3. The van der Waals surface area contributed by atoms with Gasteiger partial charge < -0.3 is 39.8 Å².